The molecule has 0 amide bonds. The second-order valence-electron chi connectivity index (χ2n) is 5.23. The molecule has 4 heteroatoms. The number of rotatable bonds is 9. The fourth-order valence-electron chi connectivity index (χ4n) is 2.02. The van der Waals surface area contributed by atoms with E-state index >= 15 is 0 Å². The average Bonchev–Trinajstić information content (AvgIpc) is 3.23. The van der Waals surface area contributed by atoms with Crippen molar-refractivity contribution >= 4 is 0 Å². The molecule has 1 aromatic heterocycles. The van der Waals surface area contributed by atoms with Crippen LogP contribution in [0.25, 0.3) is 0 Å². The molecule has 0 bridgehead atoms. The highest BCUT2D eigenvalue weighted by Crippen LogP contribution is 2.28. The predicted octanol–water partition coefficient (Wildman–Crippen LogP) is 1.52. The molecule has 0 spiro atoms. The molecule has 1 fully saturated rings. The lowest BCUT2D eigenvalue weighted by atomic mass is 10.1. The highest BCUT2D eigenvalue weighted by molar-refractivity contribution is 5.19. The van der Waals surface area contributed by atoms with Crippen LogP contribution in [0, 0.1) is 5.92 Å². The standard InChI is InChI=1S/C15H24N2O2/c1-2-13-4-3-7-17-15(13)9-16-8-14(18)11-19-10-12-5-6-12/h3-4,7,12,14,16,18H,2,5-6,8-11H2,1H3. The lowest BCUT2D eigenvalue weighted by Gasteiger charge is -2.13. The SMILES string of the molecule is CCc1cccnc1CNCC(O)COCC1CC1. The van der Waals surface area contributed by atoms with Crippen LogP contribution in [0.5, 0.6) is 0 Å². The molecule has 1 saturated carbocycles. The van der Waals surface area contributed by atoms with Crippen LogP contribution in [0.15, 0.2) is 18.3 Å². The number of aliphatic hydroxyl groups excluding tert-OH is 1. The van der Waals surface area contributed by atoms with Gasteiger partial charge in [0.15, 0.2) is 0 Å². The van der Waals surface area contributed by atoms with Gasteiger partial charge in [0.2, 0.25) is 0 Å². The summed E-state index contributed by atoms with van der Waals surface area (Å²) in [5.41, 5.74) is 2.32. The van der Waals surface area contributed by atoms with Crippen LogP contribution < -0.4 is 5.32 Å². The van der Waals surface area contributed by atoms with E-state index in [0.29, 0.717) is 19.7 Å². The van der Waals surface area contributed by atoms with Gasteiger partial charge in [0.1, 0.15) is 0 Å². The Morgan fingerprint density at radius 3 is 3.11 bits per heavy atom. The first-order valence-corrected chi connectivity index (χ1v) is 7.19. The molecule has 1 unspecified atom stereocenters. The van der Waals surface area contributed by atoms with Crippen molar-refractivity contribution in [2.75, 3.05) is 19.8 Å². The van der Waals surface area contributed by atoms with Gasteiger partial charge in [-0.2, -0.15) is 0 Å². The zero-order valence-electron chi connectivity index (χ0n) is 11.6. The van der Waals surface area contributed by atoms with Gasteiger partial charge in [-0.1, -0.05) is 13.0 Å². The summed E-state index contributed by atoms with van der Waals surface area (Å²) in [6.07, 6.45) is 4.93. The van der Waals surface area contributed by atoms with Crippen LogP contribution >= 0.6 is 0 Å². The van der Waals surface area contributed by atoms with E-state index in [1.54, 1.807) is 0 Å². The van der Waals surface area contributed by atoms with Crippen LogP contribution in [0.4, 0.5) is 0 Å². The minimum Gasteiger partial charge on any atom is -0.389 e. The molecule has 0 radical (unpaired) electrons. The van der Waals surface area contributed by atoms with Gasteiger partial charge in [-0.05, 0) is 36.8 Å². The van der Waals surface area contributed by atoms with Crippen LogP contribution in [0.3, 0.4) is 0 Å². The second-order valence-corrected chi connectivity index (χ2v) is 5.23. The lowest BCUT2D eigenvalue weighted by molar-refractivity contribution is 0.0324. The monoisotopic (exact) mass is 264 g/mol. The number of hydrogen-bond donors (Lipinski definition) is 2. The predicted molar refractivity (Wildman–Crippen MR) is 74.9 cm³/mol. The highest BCUT2D eigenvalue weighted by atomic mass is 16.5. The van der Waals surface area contributed by atoms with E-state index in [9.17, 15) is 5.11 Å². The van der Waals surface area contributed by atoms with Crippen molar-refractivity contribution in [1.29, 1.82) is 0 Å². The number of aryl methyl sites for hydroxylation is 1. The van der Waals surface area contributed by atoms with Crippen molar-refractivity contribution < 1.29 is 9.84 Å². The average molecular weight is 264 g/mol. The quantitative estimate of drug-likeness (QED) is 0.710. The van der Waals surface area contributed by atoms with Gasteiger partial charge in [-0.25, -0.2) is 0 Å². The molecule has 1 aliphatic carbocycles. The van der Waals surface area contributed by atoms with E-state index in [1.165, 1.54) is 18.4 Å². The van der Waals surface area contributed by atoms with Crippen LogP contribution in [0.1, 0.15) is 31.0 Å². The van der Waals surface area contributed by atoms with Crippen molar-refractivity contribution in [2.45, 2.75) is 38.8 Å². The Morgan fingerprint density at radius 2 is 2.37 bits per heavy atom. The van der Waals surface area contributed by atoms with Gasteiger partial charge >= 0.3 is 0 Å². The molecule has 2 rings (SSSR count). The summed E-state index contributed by atoms with van der Waals surface area (Å²) in [4.78, 5) is 4.36. The van der Waals surface area contributed by atoms with Crippen molar-refractivity contribution in [3.05, 3.63) is 29.6 Å². The third-order valence-corrected chi connectivity index (χ3v) is 3.40. The van der Waals surface area contributed by atoms with Crippen molar-refractivity contribution in [2.24, 2.45) is 5.92 Å². The zero-order valence-corrected chi connectivity index (χ0v) is 11.6. The molecule has 0 aromatic carbocycles. The molecule has 1 aromatic rings. The second kappa shape index (κ2) is 7.58. The first kappa shape index (κ1) is 14.4. The van der Waals surface area contributed by atoms with E-state index in [0.717, 1.165) is 24.6 Å². The number of aliphatic hydroxyl groups is 1. The van der Waals surface area contributed by atoms with Gasteiger partial charge in [0.25, 0.3) is 0 Å². The van der Waals surface area contributed by atoms with Gasteiger partial charge in [-0.3, -0.25) is 4.98 Å². The lowest BCUT2D eigenvalue weighted by Crippen LogP contribution is -2.30. The normalized spacial score (nSPS) is 16.5. The van der Waals surface area contributed by atoms with Crippen molar-refractivity contribution in [3.8, 4) is 0 Å². The van der Waals surface area contributed by atoms with Crippen molar-refractivity contribution in [3.63, 3.8) is 0 Å². The Hall–Kier alpha value is -0.970. The Bertz CT molecular complexity index is 380. The highest BCUT2D eigenvalue weighted by Gasteiger charge is 2.21. The number of hydrogen-bond acceptors (Lipinski definition) is 4. The summed E-state index contributed by atoms with van der Waals surface area (Å²) in [5.74, 6) is 0.751. The number of aromatic nitrogens is 1. The van der Waals surface area contributed by atoms with Crippen LogP contribution in [-0.2, 0) is 17.7 Å². The molecular weight excluding hydrogens is 240 g/mol. The van der Waals surface area contributed by atoms with Gasteiger partial charge in [-0.15, -0.1) is 0 Å². The first-order chi connectivity index (χ1) is 9.29. The minimum absolute atomic E-state index is 0.423. The number of nitrogens with zero attached hydrogens (tertiary/aromatic N) is 1. The maximum atomic E-state index is 9.78. The van der Waals surface area contributed by atoms with E-state index in [-0.39, 0.29) is 0 Å². The molecule has 4 nitrogen and oxygen atoms in total. The summed E-state index contributed by atoms with van der Waals surface area (Å²) >= 11 is 0. The Balaban J connectivity index is 1.61. The molecule has 1 heterocycles. The van der Waals surface area contributed by atoms with Crippen molar-refractivity contribution in [1.82, 2.24) is 10.3 Å². The molecule has 1 aliphatic rings. The summed E-state index contributed by atoms with van der Waals surface area (Å²) in [5, 5.41) is 13.0. The smallest absolute Gasteiger partial charge is 0.0897 e. The number of pyridine rings is 1. The molecule has 106 valence electrons. The summed E-state index contributed by atoms with van der Waals surface area (Å²) < 4.78 is 5.46. The fraction of sp³-hybridized carbons (Fsp3) is 0.667. The maximum Gasteiger partial charge on any atom is 0.0897 e. The van der Waals surface area contributed by atoms with Crippen LogP contribution in [0.2, 0.25) is 0 Å². The van der Waals surface area contributed by atoms with E-state index in [2.05, 4.69) is 23.3 Å². The largest absolute Gasteiger partial charge is 0.389 e. The topological polar surface area (TPSA) is 54.4 Å². The summed E-state index contributed by atoms with van der Waals surface area (Å²) in [6, 6.07) is 4.06. The Labute approximate surface area is 115 Å². The van der Waals surface area contributed by atoms with E-state index < -0.39 is 6.10 Å². The fourth-order valence-corrected chi connectivity index (χ4v) is 2.02. The third-order valence-electron chi connectivity index (χ3n) is 3.40. The third kappa shape index (κ3) is 5.27. The summed E-state index contributed by atoms with van der Waals surface area (Å²) in [6.45, 7) is 4.60. The maximum absolute atomic E-state index is 9.78. The molecule has 0 saturated heterocycles. The Kier molecular flexibility index (Phi) is 5.76. The van der Waals surface area contributed by atoms with E-state index in [4.69, 9.17) is 4.74 Å². The molecule has 1 atom stereocenters. The molecule has 19 heavy (non-hydrogen) atoms. The molecule has 0 aliphatic heterocycles. The number of nitrogens with one attached hydrogen (secondary N) is 1. The van der Waals surface area contributed by atoms with E-state index in [1.807, 2.05) is 12.3 Å². The summed E-state index contributed by atoms with van der Waals surface area (Å²) in [7, 11) is 0. The molecular formula is C15H24N2O2. The van der Waals surface area contributed by atoms with Gasteiger partial charge in [0, 0.05) is 25.9 Å². The zero-order chi connectivity index (χ0) is 13.5. The Morgan fingerprint density at radius 1 is 1.53 bits per heavy atom. The van der Waals surface area contributed by atoms with Gasteiger partial charge < -0.3 is 15.2 Å². The molecule has 2 N–H and O–H groups in total. The number of ether oxygens (including phenoxy) is 1. The minimum atomic E-state index is -0.437. The van der Waals surface area contributed by atoms with Gasteiger partial charge in [0.05, 0.1) is 18.4 Å². The first-order valence-electron chi connectivity index (χ1n) is 7.19. The van der Waals surface area contributed by atoms with Crippen LogP contribution in [-0.4, -0.2) is 36.0 Å².